The number of hydrogen-bond donors (Lipinski definition) is 4. The molecule has 5 aliphatic rings. The third-order valence-corrected chi connectivity index (χ3v) is 14.2. The highest BCUT2D eigenvalue weighted by Gasteiger charge is 2.69. The first-order chi connectivity index (χ1) is 26.2. The summed E-state index contributed by atoms with van der Waals surface area (Å²) in [5.41, 5.74) is -1.52. The van der Waals surface area contributed by atoms with E-state index in [1.54, 1.807) is 41.1 Å². The van der Waals surface area contributed by atoms with Gasteiger partial charge >= 0.3 is 5.97 Å². The number of ketones is 1. The minimum absolute atomic E-state index is 0.0253. The second-order valence-corrected chi connectivity index (χ2v) is 17.4. The van der Waals surface area contributed by atoms with Gasteiger partial charge in [-0.2, -0.15) is 0 Å². The Morgan fingerprint density at radius 2 is 1.48 bits per heavy atom. The number of allylic oxidation sites excluding steroid dienone is 1. The minimum Gasteiger partial charge on any atom is -0.479 e. The van der Waals surface area contributed by atoms with Crippen LogP contribution in [0.3, 0.4) is 0 Å². The molecule has 0 radical (unpaired) electrons. The molecule has 0 saturated carbocycles. The number of carbonyl (C=O) groups excluding carboxylic acids is 1. The van der Waals surface area contributed by atoms with E-state index in [1.165, 1.54) is 21.1 Å². The predicted molar refractivity (Wildman–Crippen MR) is 200 cm³/mol. The smallest absolute Gasteiger partial charge is 0.338 e. The molecule has 5 rings (SSSR count). The first-order valence-electron chi connectivity index (χ1n) is 20.2. The van der Waals surface area contributed by atoms with Crippen LogP contribution in [0.4, 0.5) is 0 Å². The Balaban J connectivity index is 1.36. The summed E-state index contributed by atoms with van der Waals surface area (Å²) in [5.74, 6) is -7.19. The number of carboxylic acid groups (broad SMARTS) is 1. The highest BCUT2D eigenvalue weighted by Crippen LogP contribution is 2.57. The summed E-state index contributed by atoms with van der Waals surface area (Å²) in [4.78, 5) is 23.7. The zero-order chi connectivity index (χ0) is 41.7. The maximum atomic E-state index is 12.0. The number of hydrogen-bond acceptors (Lipinski definition) is 14. The number of carbonyl (C=O) groups is 2. The number of carboxylic acids is 1. The van der Waals surface area contributed by atoms with Crippen LogP contribution in [-0.4, -0.2) is 151 Å². The largest absolute Gasteiger partial charge is 0.479 e. The van der Waals surface area contributed by atoms with Crippen molar-refractivity contribution in [1.82, 2.24) is 0 Å². The van der Waals surface area contributed by atoms with E-state index in [2.05, 4.69) is 0 Å². The van der Waals surface area contributed by atoms with E-state index in [-0.39, 0.29) is 60.5 Å². The van der Waals surface area contributed by atoms with E-state index in [1.807, 2.05) is 27.7 Å². The van der Waals surface area contributed by atoms with Crippen molar-refractivity contribution in [3.8, 4) is 0 Å². The first kappa shape index (κ1) is 45.5. The van der Waals surface area contributed by atoms with Gasteiger partial charge in [-0.05, 0) is 59.0 Å². The summed E-state index contributed by atoms with van der Waals surface area (Å²) >= 11 is 0. The van der Waals surface area contributed by atoms with Crippen molar-refractivity contribution in [1.29, 1.82) is 0 Å². The maximum Gasteiger partial charge on any atom is 0.338 e. The van der Waals surface area contributed by atoms with Crippen molar-refractivity contribution < 1.29 is 72.6 Å². The summed E-state index contributed by atoms with van der Waals surface area (Å²) in [6, 6.07) is 0. The lowest BCUT2D eigenvalue weighted by molar-refractivity contribution is -0.389. The number of aliphatic carboxylic acids is 1. The molecule has 56 heavy (non-hydrogen) atoms. The third kappa shape index (κ3) is 7.78. The molecule has 322 valence electrons. The lowest BCUT2D eigenvalue weighted by Crippen LogP contribution is -2.72. The molecule has 5 heterocycles. The molecule has 5 aliphatic heterocycles. The molecule has 0 amide bonds. The Bertz CT molecular complexity index is 1430. The van der Waals surface area contributed by atoms with Crippen molar-refractivity contribution >= 4 is 11.8 Å². The summed E-state index contributed by atoms with van der Waals surface area (Å²) < 4.78 is 57.8. The van der Waals surface area contributed by atoms with Gasteiger partial charge in [-0.3, -0.25) is 4.79 Å². The molecule has 0 aromatic rings. The van der Waals surface area contributed by atoms with Crippen LogP contribution in [0, 0.1) is 23.7 Å². The lowest BCUT2D eigenvalue weighted by Gasteiger charge is -2.56. The van der Waals surface area contributed by atoms with Gasteiger partial charge in [0.05, 0.1) is 61.0 Å². The van der Waals surface area contributed by atoms with Crippen LogP contribution in [-0.2, 0) is 52.2 Å². The summed E-state index contributed by atoms with van der Waals surface area (Å²) in [5, 5.41) is 43.1. The molecule has 19 atom stereocenters. The molecule has 0 bridgehead atoms. The van der Waals surface area contributed by atoms with E-state index in [9.17, 15) is 30.0 Å². The van der Waals surface area contributed by atoms with Crippen molar-refractivity contribution in [3.05, 3.63) is 11.6 Å². The molecule has 0 aromatic carbocycles. The van der Waals surface area contributed by atoms with Crippen molar-refractivity contribution in [2.75, 3.05) is 28.4 Å². The molecular weight excluding hydrogens is 732 g/mol. The van der Waals surface area contributed by atoms with Crippen LogP contribution in [0.1, 0.15) is 93.9 Å². The van der Waals surface area contributed by atoms with Gasteiger partial charge in [0.2, 0.25) is 11.9 Å². The van der Waals surface area contributed by atoms with Gasteiger partial charge in [0.15, 0.2) is 11.6 Å². The van der Waals surface area contributed by atoms with Gasteiger partial charge in [-0.1, -0.05) is 33.8 Å². The normalized spacial score (nSPS) is 47.6. The molecule has 0 aromatic heterocycles. The topological polar surface area (TPSA) is 198 Å². The van der Waals surface area contributed by atoms with E-state index < -0.39 is 71.3 Å². The summed E-state index contributed by atoms with van der Waals surface area (Å²) in [7, 11) is 6.24. The number of aliphatic hydroxyl groups is 3. The van der Waals surface area contributed by atoms with Crippen molar-refractivity contribution in [2.24, 2.45) is 23.7 Å². The molecule has 1 spiro atoms. The van der Waals surface area contributed by atoms with Gasteiger partial charge in [-0.25, -0.2) is 4.79 Å². The second-order valence-electron chi connectivity index (χ2n) is 17.4. The third-order valence-electron chi connectivity index (χ3n) is 14.2. The van der Waals surface area contributed by atoms with Crippen LogP contribution >= 0.6 is 0 Å². The molecule has 0 aliphatic carbocycles. The minimum atomic E-state index is -2.49. The van der Waals surface area contributed by atoms with Crippen molar-refractivity contribution in [3.63, 3.8) is 0 Å². The van der Waals surface area contributed by atoms with Gasteiger partial charge in [0.25, 0.3) is 0 Å². The predicted octanol–water partition coefficient (Wildman–Crippen LogP) is 3.17. The van der Waals surface area contributed by atoms with Crippen LogP contribution in [0.15, 0.2) is 11.6 Å². The highest BCUT2D eigenvalue weighted by molar-refractivity contribution is 5.92. The van der Waals surface area contributed by atoms with Crippen molar-refractivity contribution in [2.45, 2.75) is 184 Å². The Morgan fingerprint density at radius 1 is 0.857 bits per heavy atom. The zero-order valence-corrected chi connectivity index (χ0v) is 35.3. The monoisotopic (exact) mass is 800 g/mol. The fourth-order valence-corrected chi connectivity index (χ4v) is 10.7. The van der Waals surface area contributed by atoms with Crippen LogP contribution in [0.2, 0.25) is 0 Å². The average molecular weight is 801 g/mol. The molecule has 15 nitrogen and oxygen atoms in total. The van der Waals surface area contributed by atoms with E-state index >= 15 is 0 Å². The Kier molecular flexibility index (Phi) is 13.9. The number of Topliss-reactive ketones (excluding diaryl/α,β-unsaturated/α-hetero) is 1. The van der Waals surface area contributed by atoms with E-state index in [4.69, 9.17) is 42.6 Å². The fraction of sp³-hybridized carbons (Fsp3) is 0.902. The second kappa shape index (κ2) is 17.2. The SMILES string of the molecule is COC1CC(CC2OC(O)(C(O)C(=O)O)C(C)[C@H](OC)[C@@]2(C)OC)O[C@]2(O[C@](C)([C@H]3CC[C@@H]([C@H]4CCC([C@@H](O)C(C)/C=C(\C)C(C)=O)O4)O3)C(OC)[C@H]2C)C1C. The summed E-state index contributed by atoms with van der Waals surface area (Å²) in [6.07, 6.45) is -2.28. The maximum absolute atomic E-state index is 12.0. The molecule has 15 heteroatoms. The van der Waals surface area contributed by atoms with E-state index in [0.29, 0.717) is 24.8 Å². The van der Waals surface area contributed by atoms with Crippen LogP contribution < -0.4 is 0 Å². The summed E-state index contributed by atoms with van der Waals surface area (Å²) in [6.45, 7) is 14.6. The lowest BCUT2D eigenvalue weighted by atomic mass is 9.73. The Morgan fingerprint density at radius 3 is 2.05 bits per heavy atom. The number of rotatable bonds is 14. The number of aliphatic hydroxyl groups excluding tert-OH is 2. The molecular formula is C41H68O15. The molecule has 4 N–H and O–H groups in total. The van der Waals surface area contributed by atoms with Crippen LogP contribution in [0.5, 0.6) is 0 Å². The Labute approximate surface area is 331 Å². The first-order valence-corrected chi connectivity index (χ1v) is 20.2. The zero-order valence-electron chi connectivity index (χ0n) is 35.3. The number of methoxy groups -OCH3 is 4. The van der Waals surface area contributed by atoms with Gasteiger partial charge < -0.3 is 63.1 Å². The van der Waals surface area contributed by atoms with Crippen LogP contribution in [0.25, 0.3) is 0 Å². The molecule has 10 unspecified atom stereocenters. The molecule has 5 fully saturated rings. The van der Waals surface area contributed by atoms with E-state index in [0.717, 1.165) is 12.8 Å². The quantitative estimate of drug-likeness (QED) is 0.187. The highest BCUT2D eigenvalue weighted by atomic mass is 16.7. The van der Waals surface area contributed by atoms with Gasteiger partial charge in [0.1, 0.15) is 11.2 Å². The fourth-order valence-electron chi connectivity index (χ4n) is 10.7. The number of ether oxygens (including phenoxy) is 9. The Hall–Kier alpha value is -1.60. The average Bonchev–Trinajstić information content (AvgIpc) is 3.90. The molecule has 5 saturated heterocycles. The van der Waals surface area contributed by atoms with Gasteiger partial charge in [0, 0.05) is 65.0 Å². The standard InChI is InChI=1S/C41H68O15/c1-20(25(6)42)17-21(2)33(43)29-14-13-27(52-29)28-15-16-31(53-28)39(8)36(50-11)24(5)41(56-39)22(3)30(48-9)18-26(54-41)19-32-38(7,51-12)35(49-10)23(4)40(47,55-32)34(44)37(45)46/h17,21-24,26-36,43-44,47H,13-16,18-19H2,1-12H3,(H,45,46)/b20-17+/t21?,22?,23?,24-,26?,27-,28+,29?,30?,31-,32?,33+,34?,35+,36?,38+,39-,40?,41+/m1/s1. The van der Waals surface area contributed by atoms with Gasteiger partial charge in [-0.15, -0.1) is 0 Å².